The molecule has 1 saturated heterocycles. The van der Waals surface area contributed by atoms with Crippen LogP contribution < -0.4 is 15.5 Å². The fourth-order valence-corrected chi connectivity index (χ4v) is 2.86. The van der Waals surface area contributed by atoms with Crippen LogP contribution in [0.5, 0.6) is 0 Å². The first-order valence-corrected chi connectivity index (χ1v) is 8.29. The predicted molar refractivity (Wildman–Crippen MR) is 89.5 cm³/mol. The Bertz CT molecular complexity index is 544. The Morgan fingerprint density at radius 3 is 3.00 bits per heavy atom. The molecule has 2 rings (SSSR count). The van der Waals surface area contributed by atoms with Crippen LogP contribution in [0.4, 0.5) is 14.9 Å². The highest BCUT2D eigenvalue weighted by molar-refractivity contribution is 6.30. The molecule has 0 saturated carbocycles. The van der Waals surface area contributed by atoms with Crippen molar-refractivity contribution in [2.45, 2.75) is 38.3 Å². The molecule has 2 amide bonds. The molecule has 0 aliphatic carbocycles. The van der Waals surface area contributed by atoms with E-state index in [2.05, 4.69) is 10.6 Å². The third kappa shape index (κ3) is 4.97. The summed E-state index contributed by atoms with van der Waals surface area (Å²) >= 11 is 5.70. The zero-order valence-corrected chi connectivity index (χ0v) is 13.9. The van der Waals surface area contributed by atoms with Gasteiger partial charge in [-0.25, -0.2) is 9.18 Å². The number of rotatable bonds is 6. The van der Waals surface area contributed by atoms with Gasteiger partial charge in [0.1, 0.15) is 5.82 Å². The SMILES string of the molecule is CCC(CCO)NC(=O)NC1CCN(c2ccc(Cl)c(F)c2)C1. The van der Waals surface area contributed by atoms with Crippen molar-refractivity contribution in [2.24, 2.45) is 0 Å². The fourth-order valence-electron chi connectivity index (χ4n) is 2.74. The Hall–Kier alpha value is -1.53. The molecule has 1 aromatic rings. The number of hydrogen-bond donors (Lipinski definition) is 3. The Morgan fingerprint density at radius 2 is 2.35 bits per heavy atom. The number of aliphatic hydroxyl groups excluding tert-OH is 1. The van der Waals surface area contributed by atoms with Crippen LogP contribution in [-0.4, -0.2) is 42.9 Å². The van der Waals surface area contributed by atoms with Gasteiger partial charge in [0, 0.05) is 37.5 Å². The van der Waals surface area contributed by atoms with Crippen molar-refractivity contribution in [1.82, 2.24) is 10.6 Å². The first-order valence-electron chi connectivity index (χ1n) is 7.91. The van der Waals surface area contributed by atoms with Gasteiger partial charge in [-0.15, -0.1) is 0 Å². The average Bonchev–Trinajstić information content (AvgIpc) is 2.98. The highest BCUT2D eigenvalue weighted by Gasteiger charge is 2.25. The summed E-state index contributed by atoms with van der Waals surface area (Å²) in [5.74, 6) is -0.437. The number of urea groups is 1. The van der Waals surface area contributed by atoms with E-state index in [9.17, 15) is 9.18 Å². The van der Waals surface area contributed by atoms with Crippen LogP contribution in [0.2, 0.25) is 5.02 Å². The highest BCUT2D eigenvalue weighted by atomic mass is 35.5. The molecule has 23 heavy (non-hydrogen) atoms. The lowest BCUT2D eigenvalue weighted by Gasteiger charge is -2.21. The topological polar surface area (TPSA) is 64.6 Å². The quantitative estimate of drug-likeness (QED) is 0.743. The predicted octanol–water partition coefficient (Wildman–Crippen LogP) is 2.52. The van der Waals surface area contributed by atoms with E-state index in [0.717, 1.165) is 25.1 Å². The molecule has 7 heteroatoms. The van der Waals surface area contributed by atoms with Crippen LogP contribution in [0.15, 0.2) is 18.2 Å². The Kier molecular flexibility index (Phi) is 6.47. The van der Waals surface area contributed by atoms with Gasteiger partial charge < -0.3 is 20.6 Å². The average molecular weight is 344 g/mol. The van der Waals surface area contributed by atoms with Crippen molar-refractivity contribution in [3.8, 4) is 0 Å². The van der Waals surface area contributed by atoms with Crippen LogP contribution in [0.25, 0.3) is 0 Å². The number of benzene rings is 1. The van der Waals surface area contributed by atoms with Gasteiger partial charge in [-0.05, 0) is 37.5 Å². The number of aliphatic hydroxyl groups is 1. The lowest BCUT2D eigenvalue weighted by molar-refractivity contribution is 0.225. The number of nitrogens with zero attached hydrogens (tertiary/aromatic N) is 1. The van der Waals surface area contributed by atoms with E-state index < -0.39 is 5.82 Å². The maximum atomic E-state index is 13.5. The summed E-state index contributed by atoms with van der Waals surface area (Å²) in [7, 11) is 0. The minimum atomic E-state index is -0.437. The first kappa shape index (κ1) is 17.8. The Morgan fingerprint density at radius 1 is 1.57 bits per heavy atom. The van der Waals surface area contributed by atoms with E-state index in [4.69, 9.17) is 16.7 Å². The fraction of sp³-hybridized carbons (Fsp3) is 0.562. The monoisotopic (exact) mass is 343 g/mol. The second-order valence-corrected chi connectivity index (χ2v) is 6.17. The van der Waals surface area contributed by atoms with Crippen LogP contribution in [0.1, 0.15) is 26.2 Å². The normalized spacial score (nSPS) is 18.8. The summed E-state index contributed by atoms with van der Waals surface area (Å²) in [5, 5.41) is 14.9. The van der Waals surface area contributed by atoms with E-state index in [-0.39, 0.29) is 29.7 Å². The van der Waals surface area contributed by atoms with Crippen molar-refractivity contribution in [3.63, 3.8) is 0 Å². The largest absolute Gasteiger partial charge is 0.396 e. The summed E-state index contributed by atoms with van der Waals surface area (Å²) in [4.78, 5) is 14.0. The lowest BCUT2D eigenvalue weighted by atomic mass is 10.1. The number of amides is 2. The lowest BCUT2D eigenvalue weighted by Crippen LogP contribution is -2.47. The summed E-state index contributed by atoms with van der Waals surface area (Å²) in [6, 6.07) is 4.50. The minimum Gasteiger partial charge on any atom is -0.396 e. The van der Waals surface area contributed by atoms with E-state index in [1.165, 1.54) is 6.07 Å². The maximum Gasteiger partial charge on any atom is 0.315 e. The number of hydrogen-bond acceptors (Lipinski definition) is 3. The second kappa shape index (κ2) is 8.36. The molecule has 128 valence electrons. The molecule has 2 atom stereocenters. The molecule has 2 unspecified atom stereocenters. The molecular formula is C16H23ClFN3O2. The van der Waals surface area contributed by atoms with Crippen LogP contribution in [-0.2, 0) is 0 Å². The molecule has 1 aliphatic rings. The molecule has 1 aliphatic heterocycles. The van der Waals surface area contributed by atoms with Crippen molar-refractivity contribution in [1.29, 1.82) is 0 Å². The zero-order valence-electron chi connectivity index (χ0n) is 13.2. The number of anilines is 1. The molecule has 0 bridgehead atoms. The maximum absolute atomic E-state index is 13.5. The van der Waals surface area contributed by atoms with E-state index >= 15 is 0 Å². The molecule has 0 radical (unpaired) electrons. The Balaban J connectivity index is 1.85. The van der Waals surface area contributed by atoms with Gasteiger partial charge >= 0.3 is 6.03 Å². The summed E-state index contributed by atoms with van der Waals surface area (Å²) in [5.41, 5.74) is 0.767. The van der Waals surface area contributed by atoms with Gasteiger partial charge in [0.15, 0.2) is 0 Å². The van der Waals surface area contributed by atoms with Gasteiger partial charge in [0.25, 0.3) is 0 Å². The summed E-state index contributed by atoms with van der Waals surface area (Å²) in [6.45, 7) is 3.40. The second-order valence-electron chi connectivity index (χ2n) is 5.77. The van der Waals surface area contributed by atoms with Gasteiger partial charge in [0.05, 0.1) is 5.02 Å². The van der Waals surface area contributed by atoms with E-state index in [1.54, 1.807) is 12.1 Å². The molecule has 1 fully saturated rings. The summed E-state index contributed by atoms with van der Waals surface area (Å²) in [6.07, 6.45) is 2.12. The van der Waals surface area contributed by atoms with E-state index in [1.807, 2.05) is 11.8 Å². The third-order valence-electron chi connectivity index (χ3n) is 4.10. The van der Waals surface area contributed by atoms with Crippen LogP contribution >= 0.6 is 11.6 Å². The number of carbonyl (C=O) groups excluding carboxylic acids is 1. The van der Waals surface area contributed by atoms with Crippen molar-refractivity contribution in [2.75, 3.05) is 24.6 Å². The minimum absolute atomic E-state index is 0.0142. The molecule has 1 aromatic carbocycles. The standard InChI is InChI=1S/C16H23ClFN3O2/c1-2-11(6-8-22)19-16(23)20-12-5-7-21(10-12)13-3-4-14(17)15(18)9-13/h3-4,9,11-12,22H,2,5-8,10H2,1H3,(H2,19,20,23). The highest BCUT2D eigenvalue weighted by Crippen LogP contribution is 2.25. The van der Waals surface area contributed by atoms with Crippen molar-refractivity contribution in [3.05, 3.63) is 29.0 Å². The van der Waals surface area contributed by atoms with E-state index in [0.29, 0.717) is 13.0 Å². The van der Waals surface area contributed by atoms with Crippen LogP contribution in [0.3, 0.4) is 0 Å². The van der Waals surface area contributed by atoms with Gasteiger partial charge in [-0.2, -0.15) is 0 Å². The van der Waals surface area contributed by atoms with Crippen LogP contribution in [0, 0.1) is 5.82 Å². The van der Waals surface area contributed by atoms with Crippen molar-refractivity contribution >= 4 is 23.3 Å². The van der Waals surface area contributed by atoms with Crippen molar-refractivity contribution < 1.29 is 14.3 Å². The number of nitrogens with one attached hydrogen (secondary N) is 2. The summed E-state index contributed by atoms with van der Waals surface area (Å²) < 4.78 is 13.5. The molecular weight excluding hydrogens is 321 g/mol. The third-order valence-corrected chi connectivity index (χ3v) is 4.40. The van der Waals surface area contributed by atoms with Gasteiger partial charge in [-0.3, -0.25) is 0 Å². The molecule has 0 aromatic heterocycles. The first-order chi connectivity index (χ1) is 11.0. The zero-order chi connectivity index (χ0) is 16.8. The Labute approximate surface area is 140 Å². The molecule has 0 spiro atoms. The number of halogens is 2. The molecule has 3 N–H and O–H groups in total. The smallest absolute Gasteiger partial charge is 0.315 e. The molecule has 1 heterocycles. The molecule has 5 nitrogen and oxygen atoms in total. The van der Waals surface area contributed by atoms with Gasteiger partial charge in [-0.1, -0.05) is 18.5 Å². The van der Waals surface area contributed by atoms with Gasteiger partial charge in [0.2, 0.25) is 0 Å². The number of carbonyl (C=O) groups is 1.